The van der Waals surface area contributed by atoms with Crippen LogP contribution in [0.1, 0.15) is 67.8 Å². The zero-order valence-electron chi connectivity index (χ0n) is 15.4. The summed E-state index contributed by atoms with van der Waals surface area (Å²) < 4.78 is 0. The van der Waals surface area contributed by atoms with E-state index in [4.69, 9.17) is 0 Å². The molecule has 0 bridgehead atoms. The molecule has 0 radical (unpaired) electrons. The quantitative estimate of drug-likeness (QED) is 0.832. The molecule has 1 amide bonds. The molecule has 0 aromatic heterocycles. The lowest BCUT2D eigenvalue weighted by atomic mass is 9.76. The van der Waals surface area contributed by atoms with Crippen LogP contribution >= 0.6 is 0 Å². The van der Waals surface area contributed by atoms with Crippen molar-refractivity contribution in [2.24, 2.45) is 5.92 Å². The van der Waals surface area contributed by atoms with E-state index >= 15 is 0 Å². The predicted molar refractivity (Wildman–Crippen MR) is 100 cm³/mol. The Bertz CT molecular complexity index is 561. The second-order valence-corrected chi connectivity index (χ2v) is 7.76. The third-order valence-electron chi connectivity index (χ3n) is 5.77. The van der Waals surface area contributed by atoms with Gasteiger partial charge < -0.3 is 10.4 Å². The van der Waals surface area contributed by atoms with Crippen LogP contribution in [0, 0.1) is 5.92 Å². The summed E-state index contributed by atoms with van der Waals surface area (Å²) in [6.07, 6.45) is 7.61. The Morgan fingerprint density at radius 2 is 1.96 bits per heavy atom. The van der Waals surface area contributed by atoms with Crippen LogP contribution in [0.4, 0.5) is 0 Å². The molecule has 1 saturated heterocycles. The van der Waals surface area contributed by atoms with E-state index in [9.17, 15) is 9.90 Å². The van der Waals surface area contributed by atoms with Crippen molar-refractivity contribution in [3.63, 3.8) is 0 Å². The van der Waals surface area contributed by atoms with Gasteiger partial charge in [0, 0.05) is 18.2 Å². The Balaban J connectivity index is 1.58. The van der Waals surface area contributed by atoms with E-state index in [1.807, 2.05) is 18.2 Å². The molecule has 1 aliphatic heterocycles. The zero-order chi connectivity index (χ0) is 17.6. The Hall–Kier alpha value is -1.39. The molecule has 25 heavy (non-hydrogen) atoms. The van der Waals surface area contributed by atoms with Crippen molar-refractivity contribution in [1.29, 1.82) is 0 Å². The lowest BCUT2D eigenvalue weighted by Crippen LogP contribution is -2.46. The van der Waals surface area contributed by atoms with Crippen LogP contribution in [-0.2, 0) is 6.54 Å². The van der Waals surface area contributed by atoms with Gasteiger partial charge >= 0.3 is 0 Å². The molecule has 0 spiro atoms. The highest BCUT2D eigenvalue weighted by molar-refractivity contribution is 5.94. The fourth-order valence-electron chi connectivity index (χ4n) is 4.13. The van der Waals surface area contributed by atoms with Gasteiger partial charge in [-0.25, -0.2) is 0 Å². The first-order valence-corrected chi connectivity index (χ1v) is 9.96. The molecule has 4 heteroatoms. The summed E-state index contributed by atoms with van der Waals surface area (Å²) in [5.74, 6) is 0.440. The number of carbonyl (C=O) groups is 1. The Labute approximate surface area is 151 Å². The maximum atomic E-state index is 12.7. The van der Waals surface area contributed by atoms with E-state index in [2.05, 4.69) is 23.2 Å². The van der Waals surface area contributed by atoms with Gasteiger partial charge in [0.1, 0.15) is 0 Å². The maximum Gasteiger partial charge on any atom is 0.251 e. The number of aliphatic hydroxyl groups excluding tert-OH is 1. The zero-order valence-corrected chi connectivity index (χ0v) is 15.4. The molecule has 1 saturated carbocycles. The topological polar surface area (TPSA) is 52.6 Å². The summed E-state index contributed by atoms with van der Waals surface area (Å²) in [7, 11) is 0. The van der Waals surface area contributed by atoms with Gasteiger partial charge in [-0.05, 0) is 68.8 Å². The monoisotopic (exact) mass is 344 g/mol. The Morgan fingerprint density at radius 1 is 1.24 bits per heavy atom. The number of hydrogen-bond donors (Lipinski definition) is 2. The second kappa shape index (κ2) is 8.81. The third-order valence-corrected chi connectivity index (χ3v) is 5.77. The van der Waals surface area contributed by atoms with Crippen molar-refractivity contribution in [2.45, 2.75) is 70.6 Å². The average Bonchev–Trinajstić information content (AvgIpc) is 2.86. The summed E-state index contributed by atoms with van der Waals surface area (Å²) >= 11 is 0. The van der Waals surface area contributed by atoms with Crippen molar-refractivity contribution >= 4 is 5.91 Å². The van der Waals surface area contributed by atoms with E-state index in [1.54, 1.807) is 0 Å². The third kappa shape index (κ3) is 5.05. The molecule has 1 atom stereocenters. The van der Waals surface area contributed by atoms with Crippen LogP contribution in [0.25, 0.3) is 0 Å². The van der Waals surface area contributed by atoms with E-state index in [-0.39, 0.29) is 18.1 Å². The van der Waals surface area contributed by atoms with Crippen molar-refractivity contribution < 1.29 is 9.90 Å². The molecule has 2 aliphatic rings. The van der Waals surface area contributed by atoms with Crippen molar-refractivity contribution in [1.82, 2.24) is 10.2 Å². The molecule has 138 valence electrons. The second-order valence-electron chi connectivity index (χ2n) is 7.76. The minimum absolute atomic E-state index is 0.0194. The molecule has 3 rings (SSSR count). The van der Waals surface area contributed by atoms with Crippen LogP contribution < -0.4 is 5.32 Å². The normalized spacial score (nSPS) is 25.7. The van der Waals surface area contributed by atoms with Crippen molar-refractivity contribution in [3.8, 4) is 0 Å². The molecule has 1 aromatic rings. The molecule has 1 aliphatic carbocycles. The van der Waals surface area contributed by atoms with Crippen molar-refractivity contribution in [2.75, 3.05) is 13.1 Å². The smallest absolute Gasteiger partial charge is 0.251 e. The lowest BCUT2D eigenvalue weighted by Gasteiger charge is -2.37. The number of nitrogens with one attached hydrogen (secondary N) is 1. The number of carbonyl (C=O) groups excluding carboxylic acids is 1. The summed E-state index contributed by atoms with van der Waals surface area (Å²) in [5.41, 5.74) is 1.98. The average molecular weight is 344 g/mol. The molecule has 2 N–H and O–H groups in total. The van der Waals surface area contributed by atoms with Gasteiger partial charge in [-0.3, -0.25) is 9.69 Å². The summed E-state index contributed by atoms with van der Waals surface area (Å²) in [6.45, 7) is 5.37. The van der Waals surface area contributed by atoms with Gasteiger partial charge in [-0.2, -0.15) is 0 Å². The summed E-state index contributed by atoms with van der Waals surface area (Å²) in [6, 6.07) is 8.24. The number of likely N-dealkylation sites (tertiary alicyclic amines) is 1. The fraction of sp³-hybridized carbons (Fsp3) is 0.667. The highest BCUT2D eigenvalue weighted by atomic mass is 16.3. The van der Waals surface area contributed by atoms with Crippen LogP contribution in [0.2, 0.25) is 0 Å². The molecule has 1 heterocycles. The number of hydrogen-bond acceptors (Lipinski definition) is 3. The van der Waals surface area contributed by atoms with E-state index in [0.717, 1.165) is 31.4 Å². The maximum absolute atomic E-state index is 12.7. The fourth-order valence-corrected chi connectivity index (χ4v) is 4.13. The number of rotatable bonds is 6. The van der Waals surface area contributed by atoms with E-state index < -0.39 is 0 Å². The van der Waals surface area contributed by atoms with Gasteiger partial charge in [0.25, 0.3) is 5.91 Å². The van der Waals surface area contributed by atoms with Gasteiger partial charge in [0.2, 0.25) is 0 Å². The number of benzene rings is 1. The Kier molecular flexibility index (Phi) is 6.49. The first kappa shape index (κ1) is 18.4. The van der Waals surface area contributed by atoms with Crippen LogP contribution in [0.3, 0.4) is 0 Å². The molecular formula is C21H32N2O2. The number of nitrogens with zero attached hydrogens (tertiary/aromatic N) is 1. The van der Waals surface area contributed by atoms with Crippen LogP contribution in [-0.4, -0.2) is 41.1 Å². The Morgan fingerprint density at radius 3 is 2.60 bits per heavy atom. The number of amides is 1. The molecular weight excluding hydrogens is 312 g/mol. The SMILES string of the molecule is CCC(NC(=O)c1cccc(CN2CCCCCC2)c1)C1CC(O)C1. The minimum atomic E-state index is -0.173. The predicted octanol–water partition coefficient (Wildman–Crippen LogP) is 3.34. The highest BCUT2D eigenvalue weighted by Crippen LogP contribution is 2.31. The van der Waals surface area contributed by atoms with Gasteiger partial charge in [0.05, 0.1) is 6.10 Å². The van der Waals surface area contributed by atoms with Gasteiger partial charge in [-0.1, -0.05) is 31.9 Å². The molecule has 1 unspecified atom stereocenters. The largest absolute Gasteiger partial charge is 0.393 e. The first-order valence-electron chi connectivity index (χ1n) is 9.96. The van der Waals surface area contributed by atoms with Crippen LogP contribution in [0.15, 0.2) is 24.3 Å². The minimum Gasteiger partial charge on any atom is -0.393 e. The van der Waals surface area contributed by atoms with E-state index in [1.165, 1.54) is 44.3 Å². The number of aliphatic hydroxyl groups is 1. The molecule has 4 nitrogen and oxygen atoms in total. The molecule has 2 fully saturated rings. The van der Waals surface area contributed by atoms with Crippen LogP contribution in [0.5, 0.6) is 0 Å². The van der Waals surface area contributed by atoms with Gasteiger partial charge in [-0.15, -0.1) is 0 Å². The summed E-state index contributed by atoms with van der Waals surface area (Å²) in [5, 5.41) is 12.7. The van der Waals surface area contributed by atoms with E-state index in [0.29, 0.717) is 5.92 Å². The summed E-state index contributed by atoms with van der Waals surface area (Å²) in [4.78, 5) is 15.2. The molecule has 1 aromatic carbocycles. The lowest BCUT2D eigenvalue weighted by molar-refractivity contribution is 0.0232. The first-order chi connectivity index (χ1) is 12.2. The van der Waals surface area contributed by atoms with Crippen molar-refractivity contribution in [3.05, 3.63) is 35.4 Å². The standard InChI is InChI=1S/C21H32N2O2/c1-2-20(18-13-19(24)14-18)22-21(25)17-9-7-8-16(12-17)15-23-10-5-3-4-6-11-23/h7-9,12,18-20,24H,2-6,10-11,13-15H2,1H3,(H,22,25). The van der Waals surface area contributed by atoms with Gasteiger partial charge in [0.15, 0.2) is 0 Å². The highest BCUT2D eigenvalue weighted by Gasteiger charge is 2.33.